The number of ether oxygens (including phenoxy) is 2. The number of benzene rings is 1. The maximum Gasteiger partial charge on any atom is 0.165 e. The van der Waals surface area contributed by atoms with Crippen LogP contribution in [0.15, 0.2) is 18.2 Å². The van der Waals surface area contributed by atoms with Crippen LogP contribution in [-0.2, 0) is 10.3 Å². The van der Waals surface area contributed by atoms with Crippen molar-refractivity contribution in [3.05, 3.63) is 29.6 Å². The van der Waals surface area contributed by atoms with Crippen LogP contribution >= 0.6 is 0 Å². The maximum atomic E-state index is 13.6. The number of hydrogen-bond donors (Lipinski definition) is 1. The lowest BCUT2D eigenvalue weighted by Crippen LogP contribution is -2.42. The molecule has 2 rings (SSSR count). The van der Waals surface area contributed by atoms with Crippen molar-refractivity contribution in [1.29, 1.82) is 0 Å². The average molecular weight is 225 g/mol. The fraction of sp³-hybridized carbons (Fsp3) is 0.500. The molecular formula is C12H16FNO2. The molecule has 1 heterocycles. The summed E-state index contributed by atoms with van der Waals surface area (Å²) in [5.74, 6) is -0.115. The first-order valence-electron chi connectivity index (χ1n) is 5.36. The van der Waals surface area contributed by atoms with Crippen molar-refractivity contribution >= 4 is 0 Å². The minimum atomic E-state index is -0.467. The molecule has 1 aromatic rings. The third kappa shape index (κ3) is 2.03. The molecule has 88 valence electrons. The first-order valence-corrected chi connectivity index (χ1v) is 5.36. The van der Waals surface area contributed by atoms with E-state index in [0.717, 1.165) is 18.4 Å². The second-order valence-corrected chi connectivity index (χ2v) is 4.12. The highest BCUT2D eigenvalue weighted by molar-refractivity contribution is 5.33. The molecule has 1 aliphatic heterocycles. The van der Waals surface area contributed by atoms with Crippen LogP contribution in [0, 0.1) is 5.82 Å². The van der Waals surface area contributed by atoms with E-state index in [1.165, 1.54) is 13.2 Å². The topological polar surface area (TPSA) is 44.5 Å². The van der Waals surface area contributed by atoms with Gasteiger partial charge in [0.15, 0.2) is 11.6 Å². The van der Waals surface area contributed by atoms with Crippen LogP contribution in [0.5, 0.6) is 5.75 Å². The molecule has 0 aliphatic carbocycles. The van der Waals surface area contributed by atoms with Crippen molar-refractivity contribution in [3.63, 3.8) is 0 Å². The van der Waals surface area contributed by atoms with Crippen molar-refractivity contribution in [1.82, 2.24) is 0 Å². The van der Waals surface area contributed by atoms with E-state index in [2.05, 4.69) is 0 Å². The van der Waals surface area contributed by atoms with Crippen LogP contribution in [0.4, 0.5) is 4.39 Å². The van der Waals surface area contributed by atoms with Crippen LogP contribution in [0.3, 0.4) is 0 Å². The van der Waals surface area contributed by atoms with Crippen molar-refractivity contribution in [2.24, 2.45) is 5.73 Å². The smallest absolute Gasteiger partial charge is 0.165 e. The molecule has 16 heavy (non-hydrogen) atoms. The number of rotatable bonds is 2. The number of halogens is 1. The third-order valence-corrected chi connectivity index (χ3v) is 3.11. The Morgan fingerprint density at radius 1 is 1.38 bits per heavy atom. The second kappa shape index (κ2) is 4.39. The van der Waals surface area contributed by atoms with Gasteiger partial charge in [0.05, 0.1) is 7.11 Å². The molecule has 0 atom stereocenters. The molecule has 0 amide bonds. The molecule has 0 radical (unpaired) electrons. The van der Waals surface area contributed by atoms with Gasteiger partial charge >= 0.3 is 0 Å². The van der Waals surface area contributed by atoms with Crippen molar-refractivity contribution in [2.45, 2.75) is 18.4 Å². The molecule has 0 bridgehead atoms. The molecular weight excluding hydrogens is 209 g/mol. The van der Waals surface area contributed by atoms with E-state index in [0.29, 0.717) is 13.2 Å². The highest BCUT2D eigenvalue weighted by atomic mass is 19.1. The van der Waals surface area contributed by atoms with Gasteiger partial charge < -0.3 is 15.2 Å². The summed E-state index contributed by atoms with van der Waals surface area (Å²) in [4.78, 5) is 0. The van der Waals surface area contributed by atoms with Gasteiger partial charge in [-0.1, -0.05) is 6.07 Å². The van der Waals surface area contributed by atoms with Gasteiger partial charge in [-0.15, -0.1) is 0 Å². The van der Waals surface area contributed by atoms with Crippen molar-refractivity contribution in [2.75, 3.05) is 20.3 Å². The van der Waals surface area contributed by atoms with E-state index in [1.807, 2.05) is 6.07 Å². The van der Waals surface area contributed by atoms with Crippen molar-refractivity contribution < 1.29 is 13.9 Å². The van der Waals surface area contributed by atoms with Crippen LogP contribution in [0.1, 0.15) is 18.4 Å². The zero-order chi connectivity index (χ0) is 11.6. The Hall–Kier alpha value is -1.13. The van der Waals surface area contributed by atoms with E-state index in [4.69, 9.17) is 15.2 Å². The number of nitrogens with two attached hydrogens (primary N) is 1. The molecule has 3 nitrogen and oxygen atoms in total. The highest BCUT2D eigenvalue weighted by Crippen LogP contribution is 2.31. The highest BCUT2D eigenvalue weighted by Gasteiger charge is 2.30. The molecule has 1 aliphatic rings. The summed E-state index contributed by atoms with van der Waals surface area (Å²) in [7, 11) is 1.45. The lowest BCUT2D eigenvalue weighted by molar-refractivity contribution is 0.0521. The van der Waals surface area contributed by atoms with E-state index in [-0.39, 0.29) is 11.6 Å². The monoisotopic (exact) mass is 225 g/mol. The Morgan fingerprint density at radius 3 is 2.62 bits per heavy atom. The second-order valence-electron chi connectivity index (χ2n) is 4.12. The molecule has 0 saturated carbocycles. The summed E-state index contributed by atoms with van der Waals surface area (Å²) < 4.78 is 23.7. The quantitative estimate of drug-likeness (QED) is 0.834. The summed E-state index contributed by atoms with van der Waals surface area (Å²) in [6.07, 6.45) is 1.44. The zero-order valence-corrected chi connectivity index (χ0v) is 9.33. The predicted molar refractivity (Wildman–Crippen MR) is 58.9 cm³/mol. The average Bonchev–Trinajstić information content (AvgIpc) is 2.30. The van der Waals surface area contributed by atoms with Gasteiger partial charge in [-0.25, -0.2) is 4.39 Å². The Morgan fingerprint density at radius 2 is 2.06 bits per heavy atom. The summed E-state index contributed by atoms with van der Waals surface area (Å²) >= 11 is 0. The summed E-state index contributed by atoms with van der Waals surface area (Å²) in [5, 5.41) is 0. The first-order chi connectivity index (χ1) is 7.65. The summed E-state index contributed by atoms with van der Waals surface area (Å²) in [6, 6.07) is 4.91. The lowest BCUT2D eigenvalue weighted by atomic mass is 9.84. The fourth-order valence-electron chi connectivity index (χ4n) is 2.00. The molecule has 1 aromatic carbocycles. The SMILES string of the molecule is COc1ccc(C2(N)CCOCC2)cc1F. The minimum Gasteiger partial charge on any atom is -0.494 e. The Bertz CT molecular complexity index is 375. The summed E-state index contributed by atoms with van der Waals surface area (Å²) in [6.45, 7) is 1.26. The largest absolute Gasteiger partial charge is 0.494 e. The summed E-state index contributed by atoms with van der Waals surface area (Å²) in [5.41, 5.74) is 6.60. The van der Waals surface area contributed by atoms with Gasteiger partial charge in [0.1, 0.15) is 0 Å². The van der Waals surface area contributed by atoms with Gasteiger partial charge in [-0.05, 0) is 30.5 Å². The number of methoxy groups -OCH3 is 1. The molecule has 0 spiro atoms. The Kier molecular flexibility index (Phi) is 3.12. The standard InChI is InChI=1S/C12H16FNO2/c1-15-11-3-2-9(8-10(11)13)12(14)4-6-16-7-5-12/h2-3,8H,4-7,14H2,1H3. The van der Waals surface area contributed by atoms with Crippen molar-refractivity contribution in [3.8, 4) is 5.75 Å². The normalized spacial score (nSPS) is 19.4. The van der Waals surface area contributed by atoms with Gasteiger partial charge in [0.25, 0.3) is 0 Å². The zero-order valence-electron chi connectivity index (χ0n) is 9.33. The number of hydrogen-bond acceptors (Lipinski definition) is 3. The van der Waals surface area contributed by atoms with E-state index >= 15 is 0 Å². The Labute approximate surface area is 94.3 Å². The van der Waals surface area contributed by atoms with Crippen LogP contribution in [-0.4, -0.2) is 20.3 Å². The predicted octanol–water partition coefficient (Wildman–Crippen LogP) is 1.80. The molecule has 0 unspecified atom stereocenters. The van der Waals surface area contributed by atoms with Gasteiger partial charge in [0, 0.05) is 18.8 Å². The first kappa shape index (κ1) is 11.4. The fourth-order valence-corrected chi connectivity index (χ4v) is 2.00. The van der Waals surface area contributed by atoms with Gasteiger partial charge in [-0.2, -0.15) is 0 Å². The van der Waals surface area contributed by atoms with E-state index in [9.17, 15) is 4.39 Å². The van der Waals surface area contributed by atoms with E-state index < -0.39 is 5.54 Å². The minimum absolute atomic E-state index is 0.249. The van der Waals surface area contributed by atoms with Gasteiger partial charge in [-0.3, -0.25) is 0 Å². The lowest BCUT2D eigenvalue weighted by Gasteiger charge is -2.33. The molecule has 0 aromatic heterocycles. The molecule has 1 saturated heterocycles. The molecule has 4 heteroatoms. The van der Waals surface area contributed by atoms with Crippen LogP contribution < -0.4 is 10.5 Å². The third-order valence-electron chi connectivity index (χ3n) is 3.11. The van der Waals surface area contributed by atoms with Crippen LogP contribution in [0.25, 0.3) is 0 Å². The Balaban J connectivity index is 2.29. The molecule has 1 fully saturated rings. The van der Waals surface area contributed by atoms with Gasteiger partial charge in [0.2, 0.25) is 0 Å². The maximum absolute atomic E-state index is 13.6. The van der Waals surface area contributed by atoms with E-state index in [1.54, 1.807) is 6.07 Å². The molecule has 2 N–H and O–H groups in total. The van der Waals surface area contributed by atoms with Crippen LogP contribution in [0.2, 0.25) is 0 Å².